The Morgan fingerprint density at radius 2 is 1.76 bits per heavy atom. The van der Waals surface area contributed by atoms with E-state index >= 15 is 0 Å². The number of carboxylic acid groups (broad SMARTS) is 1. The molecule has 0 aliphatic rings. The molecule has 4 rings (SSSR count). The Labute approximate surface area is 197 Å². The number of fused-ring (bicyclic) bond motifs is 1. The molecule has 0 bridgehead atoms. The van der Waals surface area contributed by atoms with Crippen molar-refractivity contribution in [2.75, 3.05) is 13.7 Å². The van der Waals surface area contributed by atoms with E-state index in [1.165, 1.54) is 6.07 Å². The van der Waals surface area contributed by atoms with Crippen molar-refractivity contribution in [1.82, 2.24) is 9.88 Å². The summed E-state index contributed by atoms with van der Waals surface area (Å²) in [5, 5.41) is 14.3. The maximum Gasteiger partial charge on any atom is 0.352 e. The molecule has 0 fully saturated rings. The van der Waals surface area contributed by atoms with Crippen molar-refractivity contribution in [3.8, 4) is 11.5 Å². The van der Waals surface area contributed by atoms with Crippen LogP contribution < -0.4 is 14.8 Å². The highest BCUT2D eigenvalue weighted by molar-refractivity contribution is 5.98. The van der Waals surface area contributed by atoms with Crippen LogP contribution >= 0.6 is 0 Å². The summed E-state index contributed by atoms with van der Waals surface area (Å²) >= 11 is 0. The molecule has 0 unspecified atom stereocenters. The lowest BCUT2D eigenvalue weighted by molar-refractivity contribution is 0.0684. The van der Waals surface area contributed by atoms with Crippen molar-refractivity contribution in [2.24, 2.45) is 0 Å². The summed E-state index contributed by atoms with van der Waals surface area (Å²) in [5.41, 5.74) is 2.83. The Hall–Kier alpha value is -3.84. The van der Waals surface area contributed by atoms with Gasteiger partial charge in [0.2, 0.25) is 0 Å². The second-order valence-corrected chi connectivity index (χ2v) is 7.84. The number of para-hydroxylation sites is 1. The molecule has 0 saturated carbocycles. The number of rotatable bonds is 10. The molecule has 3 aromatic carbocycles. The number of hydrogen-bond donors (Lipinski definition) is 2. The van der Waals surface area contributed by atoms with Crippen molar-refractivity contribution in [1.29, 1.82) is 0 Å². The Kier molecular flexibility index (Phi) is 7.13. The normalized spacial score (nSPS) is 11.0. The fraction of sp³-hybridized carbons (Fsp3) is 0.222. The second kappa shape index (κ2) is 10.4. The second-order valence-electron chi connectivity index (χ2n) is 7.84. The van der Waals surface area contributed by atoms with Crippen LogP contribution in [0.1, 0.15) is 34.1 Å². The average Bonchev–Trinajstić information content (AvgIpc) is 3.14. The minimum absolute atomic E-state index is 0.0884. The SMILES string of the molecule is CCOc1ccccc1CNCc1c(C(=O)O)n(Cc2ccccc2F)c2cc(OC)ccc12. The van der Waals surface area contributed by atoms with Crippen molar-refractivity contribution < 1.29 is 23.8 Å². The van der Waals surface area contributed by atoms with Crippen molar-refractivity contribution in [2.45, 2.75) is 26.6 Å². The van der Waals surface area contributed by atoms with E-state index in [4.69, 9.17) is 9.47 Å². The largest absolute Gasteiger partial charge is 0.497 e. The first kappa shape index (κ1) is 23.3. The number of halogens is 1. The van der Waals surface area contributed by atoms with Crippen LogP contribution in [0.4, 0.5) is 4.39 Å². The molecule has 0 atom stereocenters. The molecule has 0 aliphatic carbocycles. The van der Waals surface area contributed by atoms with Gasteiger partial charge in [-0.2, -0.15) is 0 Å². The highest BCUT2D eigenvalue weighted by Crippen LogP contribution is 2.31. The highest BCUT2D eigenvalue weighted by Gasteiger charge is 2.23. The molecule has 0 aliphatic heterocycles. The van der Waals surface area contributed by atoms with E-state index in [9.17, 15) is 14.3 Å². The van der Waals surface area contributed by atoms with Crippen LogP contribution in [0.2, 0.25) is 0 Å². The monoisotopic (exact) mass is 462 g/mol. The maximum absolute atomic E-state index is 14.4. The lowest BCUT2D eigenvalue weighted by Crippen LogP contribution is -2.18. The standard InChI is InChI=1S/C27H27FN2O4/c1-3-34-25-11-7-5-8-18(25)15-29-16-22-21-13-12-20(33-2)14-24(21)30(26(22)27(31)32)17-19-9-4-6-10-23(19)28/h4-14,29H,3,15-17H2,1-2H3,(H,31,32). The van der Waals surface area contributed by atoms with Crippen LogP contribution in [0.5, 0.6) is 11.5 Å². The van der Waals surface area contributed by atoms with Crippen LogP contribution in [0.3, 0.4) is 0 Å². The number of methoxy groups -OCH3 is 1. The predicted octanol–water partition coefficient (Wildman–Crippen LogP) is 5.22. The molecular formula is C27H27FN2O4. The van der Waals surface area contributed by atoms with Gasteiger partial charge in [-0.25, -0.2) is 9.18 Å². The number of ether oxygens (including phenoxy) is 2. The Balaban J connectivity index is 1.73. The van der Waals surface area contributed by atoms with Gasteiger partial charge >= 0.3 is 5.97 Å². The first-order chi connectivity index (χ1) is 16.5. The minimum Gasteiger partial charge on any atom is -0.497 e. The average molecular weight is 463 g/mol. The summed E-state index contributed by atoms with van der Waals surface area (Å²) in [4.78, 5) is 12.4. The first-order valence-corrected chi connectivity index (χ1v) is 11.1. The summed E-state index contributed by atoms with van der Waals surface area (Å²) in [7, 11) is 1.56. The first-order valence-electron chi connectivity index (χ1n) is 11.1. The molecule has 7 heteroatoms. The Morgan fingerprint density at radius 1 is 1.03 bits per heavy atom. The molecule has 0 amide bonds. The summed E-state index contributed by atoms with van der Waals surface area (Å²) in [6, 6.07) is 19.6. The van der Waals surface area contributed by atoms with E-state index in [0.29, 0.717) is 42.1 Å². The van der Waals surface area contributed by atoms with E-state index in [2.05, 4.69) is 5.32 Å². The highest BCUT2D eigenvalue weighted by atomic mass is 19.1. The summed E-state index contributed by atoms with van der Waals surface area (Å²) < 4.78 is 27.1. The minimum atomic E-state index is -1.07. The third-order valence-corrected chi connectivity index (χ3v) is 5.76. The van der Waals surface area contributed by atoms with Gasteiger partial charge < -0.3 is 24.5 Å². The van der Waals surface area contributed by atoms with Gasteiger partial charge in [0.15, 0.2) is 0 Å². The number of carboxylic acids is 1. The maximum atomic E-state index is 14.4. The molecule has 2 N–H and O–H groups in total. The molecule has 1 aromatic heterocycles. The number of aromatic nitrogens is 1. The number of nitrogens with one attached hydrogen (secondary N) is 1. The molecule has 6 nitrogen and oxygen atoms in total. The molecule has 4 aromatic rings. The number of aromatic carboxylic acids is 1. The van der Waals surface area contributed by atoms with Crippen LogP contribution in [-0.2, 0) is 19.6 Å². The lowest BCUT2D eigenvalue weighted by atomic mass is 10.1. The summed E-state index contributed by atoms with van der Waals surface area (Å²) in [6.07, 6.45) is 0. The van der Waals surface area contributed by atoms with Gasteiger partial charge in [0.1, 0.15) is 23.0 Å². The molecule has 0 spiro atoms. The van der Waals surface area contributed by atoms with Crippen molar-refractivity contribution in [3.63, 3.8) is 0 Å². The molecule has 0 saturated heterocycles. The van der Waals surface area contributed by atoms with E-state index in [0.717, 1.165) is 16.7 Å². The third kappa shape index (κ3) is 4.75. The van der Waals surface area contributed by atoms with Gasteiger partial charge in [0.25, 0.3) is 0 Å². The van der Waals surface area contributed by atoms with E-state index in [1.54, 1.807) is 42.0 Å². The zero-order valence-corrected chi connectivity index (χ0v) is 19.2. The Bertz CT molecular complexity index is 1320. The number of hydrogen-bond acceptors (Lipinski definition) is 4. The number of benzene rings is 3. The van der Waals surface area contributed by atoms with Crippen LogP contribution in [-0.4, -0.2) is 29.4 Å². The topological polar surface area (TPSA) is 72.7 Å². The summed E-state index contributed by atoms with van der Waals surface area (Å²) in [5.74, 6) is -0.0571. The molecule has 0 radical (unpaired) electrons. The van der Waals surface area contributed by atoms with Crippen molar-refractivity contribution in [3.05, 3.63) is 94.9 Å². The zero-order chi connectivity index (χ0) is 24.1. The zero-order valence-electron chi connectivity index (χ0n) is 19.2. The van der Waals surface area contributed by atoms with Gasteiger partial charge in [-0.05, 0) is 31.2 Å². The number of nitrogens with zero attached hydrogens (tertiary/aromatic N) is 1. The third-order valence-electron chi connectivity index (χ3n) is 5.76. The lowest BCUT2D eigenvalue weighted by Gasteiger charge is -2.12. The van der Waals surface area contributed by atoms with E-state index in [1.807, 2.05) is 37.3 Å². The van der Waals surface area contributed by atoms with Gasteiger partial charge in [0, 0.05) is 41.2 Å². The molecule has 34 heavy (non-hydrogen) atoms. The summed E-state index contributed by atoms with van der Waals surface area (Å²) in [6.45, 7) is 3.40. The number of carbonyl (C=O) groups is 1. The molecular weight excluding hydrogens is 435 g/mol. The van der Waals surface area contributed by atoms with Crippen molar-refractivity contribution >= 4 is 16.9 Å². The fourth-order valence-electron chi connectivity index (χ4n) is 4.18. The van der Waals surface area contributed by atoms with Gasteiger partial charge in [0.05, 0.1) is 25.8 Å². The molecule has 1 heterocycles. The fourth-order valence-corrected chi connectivity index (χ4v) is 4.18. The van der Waals surface area contributed by atoms with E-state index in [-0.39, 0.29) is 18.1 Å². The van der Waals surface area contributed by atoms with Gasteiger partial charge in [-0.15, -0.1) is 0 Å². The molecule has 176 valence electrons. The quantitative estimate of drug-likeness (QED) is 0.338. The Morgan fingerprint density at radius 3 is 2.47 bits per heavy atom. The smallest absolute Gasteiger partial charge is 0.352 e. The van der Waals surface area contributed by atoms with Gasteiger partial charge in [-0.1, -0.05) is 36.4 Å². The predicted molar refractivity (Wildman–Crippen MR) is 129 cm³/mol. The van der Waals surface area contributed by atoms with Gasteiger partial charge in [-0.3, -0.25) is 0 Å². The van der Waals surface area contributed by atoms with Crippen LogP contribution in [0.25, 0.3) is 10.9 Å². The van der Waals surface area contributed by atoms with E-state index < -0.39 is 5.97 Å². The van der Waals surface area contributed by atoms with Crippen LogP contribution in [0, 0.1) is 5.82 Å². The van der Waals surface area contributed by atoms with Crippen LogP contribution in [0.15, 0.2) is 66.7 Å².